The number of carbonyl (C=O) groups excluding carboxylic acids is 3. The monoisotopic (exact) mass is 573 g/mol. The molecule has 0 aliphatic heterocycles. The van der Waals surface area contributed by atoms with E-state index >= 15 is 0 Å². The molecule has 4 saturated carbocycles. The van der Waals surface area contributed by atoms with Crippen LogP contribution in [0, 0.1) is 17.8 Å². The van der Waals surface area contributed by atoms with Gasteiger partial charge in [-0.05, 0) is 120 Å². The Hall–Kier alpha value is -1.54. The summed E-state index contributed by atoms with van der Waals surface area (Å²) < 4.78 is 0. The Labute approximate surface area is 248 Å². The molecule has 5 rings (SSSR count). The second-order valence-corrected chi connectivity index (χ2v) is 13.3. The number of aldehydes is 3. The second kappa shape index (κ2) is 18.1. The van der Waals surface area contributed by atoms with Crippen LogP contribution < -0.4 is 11.1 Å². The number of hydrogen-bond donors (Lipinski definition) is 2. The predicted octanol–water partition coefficient (Wildman–Crippen LogP) is 6.29. The average Bonchev–Trinajstić information content (AvgIpc) is 2.93. The van der Waals surface area contributed by atoms with Crippen molar-refractivity contribution in [3.05, 3.63) is 29.3 Å². The fraction of sp³-hybridized carbons (Fsp3) is 0.727. The van der Waals surface area contributed by atoms with E-state index in [0.717, 1.165) is 47.9 Å². The van der Waals surface area contributed by atoms with E-state index in [9.17, 15) is 14.4 Å². The molecular weight excluding hydrogens is 518 g/mol. The molecule has 0 radical (unpaired) electrons. The minimum Gasteiger partial charge on any atom is -0.333 e. The van der Waals surface area contributed by atoms with Crippen molar-refractivity contribution in [3.63, 3.8) is 0 Å². The number of nitrogens with zero attached hydrogens (tertiary/aromatic N) is 1. The van der Waals surface area contributed by atoms with Gasteiger partial charge in [0.05, 0.1) is 6.04 Å². The van der Waals surface area contributed by atoms with Crippen LogP contribution in [0.25, 0.3) is 0 Å². The minimum atomic E-state index is -0.316. The standard InChI is InChI=1S/C31H46N2O3S.CH5N.CH4/c1-33(29(23-36)8-7-12-34)21-28-17-30(10-9-27(28)22-35)37-13-6-4-2-3-5-11-32-31-18-24-14-25(19-31)16-26(15-24)20-31;1-2;/h9-10,12,17,22-26,29,32H,2-8,11,13-16,18-21H2,1H3;2H2,1H3;1H4. The maximum absolute atomic E-state index is 11.6. The van der Waals surface area contributed by atoms with Gasteiger partial charge in [0.2, 0.25) is 0 Å². The van der Waals surface area contributed by atoms with E-state index in [-0.39, 0.29) is 13.5 Å². The van der Waals surface area contributed by atoms with Crippen molar-refractivity contribution in [2.24, 2.45) is 23.5 Å². The largest absolute Gasteiger partial charge is 0.333 e. The smallest absolute Gasteiger partial charge is 0.150 e. The van der Waals surface area contributed by atoms with E-state index < -0.39 is 0 Å². The van der Waals surface area contributed by atoms with Gasteiger partial charge in [-0.25, -0.2) is 0 Å². The van der Waals surface area contributed by atoms with Crippen molar-refractivity contribution in [1.29, 1.82) is 0 Å². The van der Waals surface area contributed by atoms with Gasteiger partial charge in [-0.1, -0.05) is 32.8 Å². The first-order valence-corrected chi connectivity index (χ1v) is 16.2. The highest BCUT2D eigenvalue weighted by molar-refractivity contribution is 7.99. The Balaban J connectivity index is 0.00000183. The molecule has 0 saturated heterocycles. The second-order valence-electron chi connectivity index (χ2n) is 12.1. The van der Waals surface area contributed by atoms with Crippen LogP contribution >= 0.6 is 11.8 Å². The van der Waals surface area contributed by atoms with Gasteiger partial charge in [-0.2, -0.15) is 0 Å². The van der Waals surface area contributed by atoms with Crippen LogP contribution in [0.3, 0.4) is 0 Å². The fourth-order valence-electron chi connectivity index (χ4n) is 7.57. The van der Waals surface area contributed by atoms with Crippen molar-refractivity contribution < 1.29 is 14.4 Å². The molecule has 1 unspecified atom stereocenters. The van der Waals surface area contributed by atoms with Gasteiger partial charge in [0.1, 0.15) is 18.9 Å². The number of benzene rings is 1. The average molecular weight is 574 g/mol. The van der Waals surface area contributed by atoms with E-state index in [1.807, 2.05) is 35.8 Å². The Bertz CT molecular complexity index is 874. The molecule has 1 aromatic carbocycles. The predicted molar refractivity (Wildman–Crippen MR) is 168 cm³/mol. The lowest BCUT2D eigenvalue weighted by molar-refractivity contribution is -0.113. The number of nitrogens with one attached hydrogen (secondary N) is 1. The number of nitrogens with two attached hydrogens (primary N) is 1. The molecule has 1 aromatic rings. The lowest BCUT2D eigenvalue weighted by Gasteiger charge is -2.57. The molecule has 4 aliphatic rings. The van der Waals surface area contributed by atoms with Crippen molar-refractivity contribution in [2.45, 2.75) is 114 Å². The Kier molecular flexibility index (Phi) is 15.7. The molecule has 0 amide bonds. The first kappa shape index (κ1) is 34.7. The minimum absolute atomic E-state index is 0. The number of unbranched alkanes of at least 4 members (excludes halogenated alkanes) is 4. The third kappa shape index (κ3) is 10.1. The summed E-state index contributed by atoms with van der Waals surface area (Å²) in [5.74, 6) is 4.14. The van der Waals surface area contributed by atoms with Gasteiger partial charge in [0.15, 0.2) is 0 Å². The highest BCUT2D eigenvalue weighted by Crippen LogP contribution is 2.55. The maximum Gasteiger partial charge on any atom is 0.150 e. The van der Waals surface area contributed by atoms with Crippen LogP contribution in [0.15, 0.2) is 23.1 Å². The van der Waals surface area contributed by atoms with Crippen LogP contribution in [0.1, 0.15) is 107 Å². The van der Waals surface area contributed by atoms with Gasteiger partial charge < -0.3 is 20.6 Å². The zero-order valence-corrected chi connectivity index (χ0v) is 25.1. The number of thioether (sulfide) groups is 1. The van der Waals surface area contributed by atoms with Gasteiger partial charge in [-0.15, -0.1) is 11.8 Å². The summed E-state index contributed by atoms with van der Waals surface area (Å²) in [6, 6.07) is 5.68. The summed E-state index contributed by atoms with van der Waals surface area (Å²) in [5.41, 5.74) is 6.60. The van der Waals surface area contributed by atoms with E-state index in [0.29, 0.717) is 30.5 Å². The molecule has 40 heavy (non-hydrogen) atoms. The first-order chi connectivity index (χ1) is 19.0. The van der Waals surface area contributed by atoms with Crippen molar-refractivity contribution in [1.82, 2.24) is 10.2 Å². The van der Waals surface area contributed by atoms with Crippen molar-refractivity contribution >= 4 is 30.6 Å². The molecule has 0 spiro atoms. The molecular formula is C33H55N3O3S. The molecule has 4 bridgehead atoms. The van der Waals surface area contributed by atoms with Crippen LogP contribution in [-0.4, -0.2) is 61.7 Å². The number of hydrogen-bond acceptors (Lipinski definition) is 7. The lowest BCUT2D eigenvalue weighted by atomic mass is 9.53. The fourth-order valence-corrected chi connectivity index (χ4v) is 8.54. The summed E-state index contributed by atoms with van der Waals surface area (Å²) in [7, 11) is 3.37. The summed E-state index contributed by atoms with van der Waals surface area (Å²) in [6.45, 7) is 1.71. The van der Waals surface area contributed by atoms with Crippen LogP contribution in [0.5, 0.6) is 0 Å². The van der Waals surface area contributed by atoms with Crippen LogP contribution in [0.2, 0.25) is 0 Å². The van der Waals surface area contributed by atoms with E-state index in [2.05, 4.69) is 17.1 Å². The van der Waals surface area contributed by atoms with Crippen LogP contribution in [0.4, 0.5) is 0 Å². The molecule has 0 heterocycles. The topological polar surface area (TPSA) is 92.5 Å². The van der Waals surface area contributed by atoms with E-state index in [4.69, 9.17) is 0 Å². The number of carbonyl (C=O) groups is 3. The van der Waals surface area contributed by atoms with E-state index in [1.54, 1.807) is 0 Å². The summed E-state index contributed by atoms with van der Waals surface area (Å²) in [4.78, 5) is 36.8. The molecule has 3 N–H and O–H groups in total. The quantitative estimate of drug-likeness (QED) is 0.121. The highest BCUT2D eigenvalue weighted by atomic mass is 32.2. The molecule has 1 atom stereocenters. The zero-order chi connectivity index (χ0) is 28.1. The maximum atomic E-state index is 11.6. The Morgan fingerprint density at radius 2 is 1.62 bits per heavy atom. The molecule has 7 heteroatoms. The Morgan fingerprint density at radius 3 is 2.23 bits per heavy atom. The van der Waals surface area contributed by atoms with Gasteiger partial charge >= 0.3 is 0 Å². The summed E-state index contributed by atoms with van der Waals surface area (Å²) in [6.07, 6.45) is 18.8. The highest BCUT2D eigenvalue weighted by Gasteiger charge is 2.50. The van der Waals surface area contributed by atoms with Gasteiger partial charge in [0.25, 0.3) is 0 Å². The molecule has 4 aliphatic carbocycles. The van der Waals surface area contributed by atoms with E-state index in [1.165, 1.54) is 89.1 Å². The zero-order valence-electron chi connectivity index (χ0n) is 24.2. The summed E-state index contributed by atoms with van der Waals surface area (Å²) >= 11 is 1.85. The van der Waals surface area contributed by atoms with Gasteiger partial charge in [-0.3, -0.25) is 9.69 Å². The third-order valence-electron chi connectivity index (χ3n) is 9.09. The summed E-state index contributed by atoms with van der Waals surface area (Å²) in [5, 5.41) is 4.03. The van der Waals surface area contributed by atoms with Crippen molar-refractivity contribution in [2.75, 3.05) is 26.4 Å². The molecule has 6 nitrogen and oxygen atoms in total. The first-order valence-electron chi connectivity index (χ1n) is 15.2. The molecule has 226 valence electrons. The number of likely N-dealkylation sites (N-methyl/N-ethyl adjacent to an activating group) is 1. The van der Waals surface area contributed by atoms with Crippen molar-refractivity contribution in [3.8, 4) is 0 Å². The molecule has 0 aromatic heterocycles. The molecule has 4 fully saturated rings. The normalized spacial score (nSPS) is 25.1. The van der Waals surface area contributed by atoms with Gasteiger partial charge in [0, 0.05) is 29.0 Å². The number of rotatable bonds is 18. The SMILES string of the molecule is C.CN.CN(Cc1cc(SCCCCCCCNC23CC4CC(CC(C4)C2)C3)ccc1C=O)C(C=O)CCC=O. The third-order valence-corrected chi connectivity index (χ3v) is 10.2. The van der Waals surface area contributed by atoms with Crippen LogP contribution in [-0.2, 0) is 16.1 Å². The lowest BCUT2D eigenvalue weighted by Crippen LogP contribution is -2.58. The Morgan fingerprint density at radius 1 is 1.00 bits per heavy atom.